The Morgan fingerprint density at radius 1 is 1.10 bits per heavy atom. The maximum absolute atomic E-state index is 14.2. The van der Waals surface area contributed by atoms with Crippen LogP contribution in [0.2, 0.25) is 5.02 Å². The van der Waals surface area contributed by atoms with Gasteiger partial charge in [-0.15, -0.1) is 0 Å². The van der Waals surface area contributed by atoms with E-state index in [0.717, 1.165) is 61.5 Å². The molecular formula is C41H45ClN2O8. The fraction of sp³-hybridized carbons (Fsp3) is 0.488. The minimum atomic E-state index is -1.04. The van der Waals surface area contributed by atoms with Crippen molar-refractivity contribution in [3.63, 3.8) is 0 Å². The minimum absolute atomic E-state index is 0.192. The first-order valence-corrected chi connectivity index (χ1v) is 18.8. The van der Waals surface area contributed by atoms with Crippen molar-refractivity contribution in [1.82, 2.24) is 4.98 Å². The number of ether oxygens (including phenoxy) is 4. The Kier molecular flexibility index (Phi) is 9.22. The molecule has 8 rings (SSSR count). The maximum Gasteiger partial charge on any atom is 0.519 e. The molecule has 3 atom stereocenters. The first-order chi connectivity index (χ1) is 25.1. The molecule has 274 valence electrons. The van der Waals surface area contributed by atoms with E-state index in [4.69, 9.17) is 39.4 Å². The van der Waals surface area contributed by atoms with Gasteiger partial charge in [0.2, 0.25) is 6.79 Å². The highest BCUT2D eigenvalue weighted by atomic mass is 35.5. The quantitative estimate of drug-likeness (QED) is 0.159. The molecule has 4 aliphatic rings. The third-order valence-electron chi connectivity index (χ3n) is 11.9. The lowest BCUT2D eigenvalue weighted by Gasteiger charge is -2.48. The molecule has 0 radical (unpaired) electrons. The number of halogens is 1. The van der Waals surface area contributed by atoms with Crippen LogP contribution in [-0.4, -0.2) is 29.9 Å². The summed E-state index contributed by atoms with van der Waals surface area (Å²) in [6.45, 7) is 6.80. The number of fused-ring (bicyclic) bond motifs is 4. The van der Waals surface area contributed by atoms with E-state index in [2.05, 4.69) is 36.3 Å². The van der Waals surface area contributed by atoms with E-state index in [1.165, 1.54) is 28.8 Å². The van der Waals surface area contributed by atoms with Crippen LogP contribution in [0.5, 0.6) is 17.2 Å². The summed E-state index contributed by atoms with van der Waals surface area (Å²) >= 11 is 6.38. The number of esters is 1. The Hall–Kier alpha value is -4.44. The second-order valence-corrected chi connectivity index (χ2v) is 15.7. The lowest BCUT2D eigenvalue weighted by Crippen LogP contribution is -2.53. The summed E-state index contributed by atoms with van der Waals surface area (Å²) in [7, 11) is 0. The molecule has 10 nitrogen and oxygen atoms in total. The van der Waals surface area contributed by atoms with Gasteiger partial charge in [-0.1, -0.05) is 31.5 Å². The molecule has 11 heteroatoms. The van der Waals surface area contributed by atoms with Gasteiger partial charge in [0.25, 0.3) is 0 Å². The number of pyridine rings is 1. The summed E-state index contributed by atoms with van der Waals surface area (Å²) in [6, 6.07) is 13.7. The second kappa shape index (κ2) is 13.8. The molecule has 0 unspecified atom stereocenters. The smallest absolute Gasteiger partial charge is 0.493 e. The zero-order valence-corrected chi connectivity index (χ0v) is 30.7. The lowest BCUT2D eigenvalue weighted by molar-refractivity contribution is -0.153. The maximum atomic E-state index is 14.2. The van der Waals surface area contributed by atoms with Crippen LogP contribution in [0.1, 0.15) is 98.6 Å². The molecule has 1 fully saturated rings. The third-order valence-corrected chi connectivity index (χ3v) is 12.2. The van der Waals surface area contributed by atoms with Crippen molar-refractivity contribution >= 4 is 23.3 Å². The van der Waals surface area contributed by atoms with E-state index < -0.39 is 17.3 Å². The van der Waals surface area contributed by atoms with Crippen LogP contribution in [0.3, 0.4) is 0 Å². The van der Waals surface area contributed by atoms with Crippen LogP contribution in [0.4, 0.5) is 5.69 Å². The van der Waals surface area contributed by atoms with Gasteiger partial charge in [0, 0.05) is 28.2 Å². The molecule has 1 aliphatic heterocycles. The van der Waals surface area contributed by atoms with E-state index in [9.17, 15) is 9.59 Å². The zero-order chi connectivity index (χ0) is 36.0. The fourth-order valence-electron chi connectivity index (χ4n) is 9.26. The summed E-state index contributed by atoms with van der Waals surface area (Å²) in [4.78, 5) is 30.5. The van der Waals surface area contributed by atoms with Gasteiger partial charge in [0.05, 0.1) is 6.61 Å². The van der Waals surface area contributed by atoms with Gasteiger partial charge in [-0.25, -0.2) is 9.59 Å². The Labute approximate surface area is 308 Å². The Morgan fingerprint density at radius 2 is 1.90 bits per heavy atom. The number of nitrogens with zero attached hydrogens (tertiary/aromatic N) is 1. The number of carbonyl (C=O) groups excluding carboxylic acids is 1. The first kappa shape index (κ1) is 34.6. The van der Waals surface area contributed by atoms with Gasteiger partial charge in [-0.3, -0.25) is 4.98 Å². The number of nitrogens with one attached hydrogen (secondary N) is 1. The molecule has 0 saturated heterocycles. The van der Waals surface area contributed by atoms with Crippen LogP contribution < -0.4 is 25.3 Å². The van der Waals surface area contributed by atoms with Crippen LogP contribution >= 0.6 is 11.6 Å². The number of benzene rings is 2. The Morgan fingerprint density at radius 3 is 2.67 bits per heavy atom. The molecular weight excluding hydrogens is 684 g/mol. The van der Waals surface area contributed by atoms with Gasteiger partial charge < -0.3 is 33.1 Å². The molecule has 0 amide bonds. The average Bonchev–Trinajstić information content (AvgIpc) is 3.80. The lowest BCUT2D eigenvalue weighted by atomic mass is 9.59. The number of anilines is 1. The Balaban J connectivity index is 1.06. The topological polar surface area (TPSA) is 122 Å². The number of carbonyl (C=O) groups is 1. The highest BCUT2D eigenvalue weighted by molar-refractivity contribution is 6.30. The number of aromatic nitrogens is 1. The van der Waals surface area contributed by atoms with Crippen molar-refractivity contribution < 1.29 is 32.6 Å². The van der Waals surface area contributed by atoms with Crippen molar-refractivity contribution in [2.24, 2.45) is 11.8 Å². The summed E-state index contributed by atoms with van der Waals surface area (Å²) in [5.74, 6) is 2.83. The van der Waals surface area contributed by atoms with Crippen LogP contribution in [-0.2, 0) is 34.4 Å². The Bertz CT molecular complexity index is 2030. The van der Waals surface area contributed by atoms with Gasteiger partial charge in [-0.05, 0) is 135 Å². The van der Waals surface area contributed by atoms with Crippen molar-refractivity contribution in [1.29, 1.82) is 0 Å². The normalized spacial score (nSPS) is 25.0. The summed E-state index contributed by atoms with van der Waals surface area (Å²) in [5, 5.41) is 4.11. The molecule has 1 saturated carbocycles. The number of hydrogen-bond acceptors (Lipinski definition) is 10. The molecule has 3 aliphatic carbocycles. The molecule has 2 aromatic carbocycles. The van der Waals surface area contributed by atoms with E-state index in [1.807, 2.05) is 30.5 Å². The molecule has 4 aromatic rings. The standard InChI is InChI=1S/C41H45ClN2O8/c1-24(21-47-33-10-15-43-32-9-4-6-25(2)37(32)33)16-28-17-27-18-34-35(50-23-49-34)20-31(27)40(28)11-13-41(14-12-40,44-30-8-5-7-29(42)19-30)38(45)48-22-36-26(3)51-39(46)52-36/h5,7-8,10,15,18-20,24-25,28,44H,4,6,9,11-14,16-17,21-23H2,1-3H3/t24-,25-,28+,40?,41?/m1/s1. The van der Waals surface area contributed by atoms with Gasteiger partial charge >= 0.3 is 11.8 Å². The highest BCUT2D eigenvalue weighted by Gasteiger charge is 2.55. The third kappa shape index (κ3) is 6.44. The predicted octanol–water partition coefficient (Wildman–Crippen LogP) is 8.44. The first-order valence-electron chi connectivity index (χ1n) is 18.5. The molecule has 0 bridgehead atoms. The zero-order valence-electron chi connectivity index (χ0n) is 29.9. The predicted molar refractivity (Wildman–Crippen MR) is 194 cm³/mol. The molecule has 1 spiro atoms. The number of aryl methyl sites for hydroxylation is 2. The average molecular weight is 729 g/mol. The second-order valence-electron chi connectivity index (χ2n) is 15.3. The minimum Gasteiger partial charge on any atom is -0.493 e. The van der Waals surface area contributed by atoms with Gasteiger partial charge in [0.15, 0.2) is 29.6 Å². The summed E-state index contributed by atoms with van der Waals surface area (Å²) in [5.41, 5.74) is 4.51. The summed E-state index contributed by atoms with van der Waals surface area (Å²) in [6.07, 6.45) is 9.61. The van der Waals surface area contributed by atoms with Crippen LogP contribution in [0, 0.1) is 18.8 Å². The van der Waals surface area contributed by atoms with E-state index in [0.29, 0.717) is 36.3 Å². The van der Waals surface area contributed by atoms with E-state index in [-0.39, 0.29) is 36.3 Å². The van der Waals surface area contributed by atoms with E-state index >= 15 is 0 Å². The monoisotopic (exact) mass is 728 g/mol. The van der Waals surface area contributed by atoms with Crippen molar-refractivity contribution in [2.75, 3.05) is 18.7 Å². The fourth-order valence-corrected chi connectivity index (χ4v) is 9.45. The van der Waals surface area contributed by atoms with Crippen molar-refractivity contribution in [3.8, 4) is 17.2 Å². The number of rotatable bonds is 10. The van der Waals surface area contributed by atoms with Gasteiger partial charge in [0.1, 0.15) is 11.3 Å². The van der Waals surface area contributed by atoms with E-state index in [1.54, 1.807) is 13.0 Å². The number of hydrogen-bond donors (Lipinski definition) is 1. The van der Waals surface area contributed by atoms with Crippen molar-refractivity contribution in [2.45, 2.75) is 102 Å². The molecule has 2 aromatic heterocycles. The molecule has 3 heterocycles. The molecule has 1 N–H and O–H groups in total. The van der Waals surface area contributed by atoms with Crippen molar-refractivity contribution in [3.05, 3.63) is 98.2 Å². The summed E-state index contributed by atoms with van der Waals surface area (Å²) < 4.78 is 34.3. The van der Waals surface area contributed by atoms with Crippen LogP contribution in [0.15, 0.2) is 62.3 Å². The largest absolute Gasteiger partial charge is 0.519 e. The SMILES string of the molecule is Cc1oc(=O)oc1COC(=O)C1(Nc2cccc(Cl)c2)CCC2(CC1)c1cc3c(cc1C[C@@H]2C[C@@H](C)COc1ccnc2c1[C@H](C)CCC2)OCO3. The van der Waals surface area contributed by atoms with Gasteiger partial charge in [-0.2, -0.15) is 0 Å². The molecule has 52 heavy (non-hydrogen) atoms. The van der Waals surface area contributed by atoms with Crippen LogP contribution in [0.25, 0.3) is 0 Å². The highest BCUT2D eigenvalue weighted by Crippen LogP contribution is 2.58.